The summed E-state index contributed by atoms with van der Waals surface area (Å²) in [6, 6.07) is 6.03. The van der Waals surface area contributed by atoms with Gasteiger partial charge in [0.1, 0.15) is 0 Å². The Kier molecular flexibility index (Phi) is 4.37. The Bertz CT molecular complexity index is 425. The second kappa shape index (κ2) is 5.18. The lowest BCUT2D eigenvalue weighted by atomic mass is 10.2. The first-order valence-corrected chi connectivity index (χ1v) is 6.87. The smallest absolute Gasteiger partial charge is 0.360 e. The summed E-state index contributed by atoms with van der Waals surface area (Å²) >= 11 is -2.99. The highest BCUT2D eigenvalue weighted by Gasteiger charge is 2.32. The second-order valence-electron chi connectivity index (χ2n) is 3.15. The van der Waals surface area contributed by atoms with E-state index in [1.807, 2.05) is 0 Å². The number of benzene rings is 1. The van der Waals surface area contributed by atoms with Gasteiger partial charge in [0.2, 0.25) is 0 Å². The molecular weight excluding hydrogens is 255 g/mol. The van der Waals surface area contributed by atoms with Crippen LogP contribution in [0.1, 0.15) is 17.0 Å². The molecule has 0 aromatic heterocycles. The molecule has 0 aliphatic carbocycles. The quantitative estimate of drug-likeness (QED) is 0.620. The topological polar surface area (TPSA) is 107 Å². The van der Waals surface area contributed by atoms with E-state index in [9.17, 15) is 13.3 Å². The SMILES string of the molecule is Cc1ccc(C(OS(=O)[O-])P(=O)(O)O)cc1. The molecule has 90 valence electrons. The Balaban J connectivity index is 3.06. The van der Waals surface area contributed by atoms with Gasteiger partial charge in [0.15, 0.2) is 5.85 Å². The van der Waals surface area contributed by atoms with E-state index in [1.54, 1.807) is 19.1 Å². The number of rotatable bonds is 4. The molecule has 2 unspecified atom stereocenters. The van der Waals surface area contributed by atoms with Crippen LogP contribution in [0.25, 0.3) is 0 Å². The standard InChI is InChI=1S/C8H11O6PS/c1-6-2-4-7(5-3-6)8(14-16(12)13)15(9,10)11/h2-5,8H,1H3,(H,12,13)(H2,9,10,11)/p-1. The van der Waals surface area contributed by atoms with Crippen LogP contribution in [0.5, 0.6) is 0 Å². The maximum atomic E-state index is 11.0. The average Bonchev–Trinajstić information content (AvgIpc) is 2.14. The Morgan fingerprint density at radius 3 is 2.25 bits per heavy atom. The molecule has 16 heavy (non-hydrogen) atoms. The molecule has 0 saturated carbocycles. The van der Waals surface area contributed by atoms with Gasteiger partial charge < -0.3 is 14.3 Å². The maximum absolute atomic E-state index is 11.0. The zero-order valence-electron chi connectivity index (χ0n) is 8.27. The lowest BCUT2D eigenvalue weighted by Gasteiger charge is -2.19. The van der Waals surface area contributed by atoms with Gasteiger partial charge in [0.25, 0.3) is 0 Å². The van der Waals surface area contributed by atoms with Crippen LogP contribution in [0.3, 0.4) is 0 Å². The molecule has 1 rings (SSSR count). The Morgan fingerprint density at radius 2 is 1.88 bits per heavy atom. The molecule has 0 bridgehead atoms. The summed E-state index contributed by atoms with van der Waals surface area (Å²) in [6.07, 6.45) is 0. The van der Waals surface area contributed by atoms with Crippen molar-refractivity contribution in [2.45, 2.75) is 12.8 Å². The van der Waals surface area contributed by atoms with Gasteiger partial charge >= 0.3 is 7.60 Å². The van der Waals surface area contributed by atoms with Crippen molar-refractivity contribution in [3.05, 3.63) is 35.4 Å². The monoisotopic (exact) mass is 265 g/mol. The zero-order chi connectivity index (χ0) is 12.3. The van der Waals surface area contributed by atoms with Crippen molar-refractivity contribution in [1.29, 1.82) is 0 Å². The molecule has 1 aromatic carbocycles. The summed E-state index contributed by atoms with van der Waals surface area (Å²) in [5, 5.41) is 0. The summed E-state index contributed by atoms with van der Waals surface area (Å²) in [5.74, 6) is -1.79. The van der Waals surface area contributed by atoms with Gasteiger partial charge in [-0.1, -0.05) is 29.8 Å². The van der Waals surface area contributed by atoms with E-state index in [1.165, 1.54) is 12.1 Å². The van der Waals surface area contributed by atoms with Crippen LogP contribution in [-0.2, 0) is 20.1 Å². The van der Waals surface area contributed by atoms with Gasteiger partial charge in [-0.3, -0.25) is 8.75 Å². The van der Waals surface area contributed by atoms with E-state index in [2.05, 4.69) is 4.18 Å². The van der Waals surface area contributed by atoms with Crippen molar-refractivity contribution < 1.29 is 27.3 Å². The highest BCUT2D eigenvalue weighted by molar-refractivity contribution is 7.74. The van der Waals surface area contributed by atoms with Crippen LogP contribution >= 0.6 is 7.60 Å². The summed E-state index contributed by atoms with van der Waals surface area (Å²) in [6.45, 7) is 1.79. The van der Waals surface area contributed by atoms with E-state index in [4.69, 9.17) is 9.79 Å². The average molecular weight is 265 g/mol. The van der Waals surface area contributed by atoms with Crippen LogP contribution in [0.2, 0.25) is 0 Å². The third-order valence-electron chi connectivity index (χ3n) is 1.84. The predicted octanol–water partition coefficient (Wildman–Crippen LogP) is 0.982. The molecule has 8 heteroatoms. The van der Waals surface area contributed by atoms with Crippen molar-refractivity contribution >= 4 is 19.0 Å². The van der Waals surface area contributed by atoms with Crippen molar-refractivity contribution in [3.8, 4) is 0 Å². The molecule has 0 spiro atoms. The normalized spacial score (nSPS) is 15.8. The first-order valence-electron chi connectivity index (χ1n) is 4.19. The lowest BCUT2D eigenvalue weighted by Crippen LogP contribution is -2.07. The lowest BCUT2D eigenvalue weighted by molar-refractivity contribution is 0.223. The first kappa shape index (κ1) is 13.5. The van der Waals surface area contributed by atoms with Gasteiger partial charge in [-0.15, -0.1) is 0 Å². The minimum atomic E-state index is -4.68. The molecule has 1 aromatic rings. The molecule has 0 radical (unpaired) electrons. The van der Waals surface area contributed by atoms with Gasteiger partial charge in [0, 0.05) is 0 Å². The van der Waals surface area contributed by atoms with Crippen molar-refractivity contribution in [2.75, 3.05) is 0 Å². The molecule has 0 aliphatic heterocycles. The fraction of sp³-hybridized carbons (Fsp3) is 0.250. The highest BCUT2D eigenvalue weighted by Crippen LogP contribution is 2.52. The Morgan fingerprint density at radius 1 is 1.38 bits per heavy atom. The molecule has 0 fully saturated rings. The second-order valence-corrected chi connectivity index (χ2v) is 5.40. The van der Waals surface area contributed by atoms with Crippen molar-refractivity contribution in [2.24, 2.45) is 0 Å². The largest absolute Gasteiger partial charge is 0.750 e. The summed E-state index contributed by atoms with van der Waals surface area (Å²) in [7, 11) is -4.68. The van der Waals surface area contributed by atoms with Gasteiger partial charge in [-0.25, -0.2) is 4.21 Å². The summed E-state index contributed by atoms with van der Waals surface area (Å²) < 4.78 is 35.9. The van der Waals surface area contributed by atoms with Crippen LogP contribution in [0.15, 0.2) is 24.3 Å². The van der Waals surface area contributed by atoms with Crippen LogP contribution in [0.4, 0.5) is 0 Å². The van der Waals surface area contributed by atoms with E-state index < -0.39 is 24.8 Å². The Hall–Kier alpha value is -0.560. The first-order chi connectivity index (χ1) is 7.30. The highest BCUT2D eigenvalue weighted by atomic mass is 32.2. The molecule has 0 heterocycles. The van der Waals surface area contributed by atoms with E-state index in [-0.39, 0.29) is 5.56 Å². The molecule has 6 nitrogen and oxygen atoms in total. The third kappa shape index (κ3) is 3.79. The number of hydrogen-bond donors (Lipinski definition) is 2. The third-order valence-corrected chi connectivity index (χ3v) is 3.34. The molecule has 0 aliphatic rings. The predicted molar refractivity (Wildman–Crippen MR) is 56.0 cm³/mol. The van der Waals surface area contributed by atoms with E-state index >= 15 is 0 Å². The fourth-order valence-corrected chi connectivity index (χ4v) is 2.59. The summed E-state index contributed by atoms with van der Waals surface area (Å²) in [5.41, 5.74) is 1.000. The Labute approximate surface area is 94.9 Å². The van der Waals surface area contributed by atoms with Crippen LogP contribution in [-0.4, -0.2) is 18.5 Å². The van der Waals surface area contributed by atoms with Crippen LogP contribution in [0, 0.1) is 6.92 Å². The fourth-order valence-electron chi connectivity index (χ4n) is 1.11. The number of hydrogen-bond acceptors (Lipinski definition) is 4. The molecular formula is C8H10O6PS-. The van der Waals surface area contributed by atoms with Crippen LogP contribution < -0.4 is 0 Å². The maximum Gasteiger partial charge on any atom is 0.360 e. The van der Waals surface area contributed by atoms with Gasteiger partial charge in [0.05, 0.1) is 11.4 Å². The van der Waals surface area contributed by atoms with Gasteiger partial charge in [-0.2, -0.15) is 0 Å². The molecule has 0 saturated heterocycles. The molecule has 2 atom stereocenters. The summed E-state index contributed by atoms with van der Waals surface area (Å²) in [4.78, 5) is 17.9. The molecule has 2 N–H and O–H groups in total. The minimum absolute atomic E-state index is 0.114. The molecule has 0 amide bonds. The number of aryl methyl sites for hydroxylation is 1. The minimum Gasteiger partial charge on any atom is -0.750 e. The van der Waals surface area contributed by atoms with E-state index in [0.29, 0.717) is 0 Å². The van der Waals surface area contributed by atoms with Crippen molar-refractivity contribution in [1.82, 2.24) is 0 Å². The zero-order valence-corrected chi connectivity index (χ0v) is 9.98. The van der Waals surface area contributed by atoms with E-state index in [0.717, 1.165) is 5.56 Å². The van der Waals surface area contributed by atoms with Gasteiger partial charge in [-0.05, 0) is 12.5 Å². The van der Waals surface area contributed by atoms with Crippen molar-refractivity contribution in [3.63, 3.8) is 0 Å².